The van der Waals surface area contributed by atoms with E-state index in [2.05, 4.69) is 24.0 Å². The highest BCUT2D eigenvalue weighted by Crippen LogP contribution is 2.27. The molecule has 0 unspecified atom stereocenters. The second-order valence-corrected chi connectivity index (χ2v) is 8.64. The van der Waals surface area contributed by atoms with Crippen molar-refractivity contribution in [3.05, 3.63) is 46.9 Å². The number of hydrazine groups is 1. The van der Waals surface area contributed by atoms with Gasteiger partial charge in [-0.15, -0.1) is 4.83 Å². The summed E-state index contributed by atoms with van der Waals surface area (Å²) in [6.07, 6.45) is 0.907. The Bertz CT molecular complexity index is 1010. The number of amides is 1. The van der Waals surface area contributed by atoms with Gasteiger partial charge in [-0.3, -0.25) is 10.2 Å². The minimum Gasteiger partial charge on any atom is -0.494 e. The van der Waals surface area contributed by atoms with Crippen LogP contribution in [0, 0.1) is 19.8 Å². The van der Waals surface area contributed by atoms with E-state index in [1.807, 2.05) is 4.83 Å². The van der Waals surface area contributed by atoms with Gasteiger partial charge in [0, 0.05) is 5.56 Å². The zero-order valence-corrected chi connectivity index (χ0v) is 18.4. The summed E-state index contributed by atoms with van der Waals surface area (Å²) >= 11 is 0. The molecule has 0 saturated carbocycles. The standard InChI is InChI=1S/C20H26N2O7S/c1-12(2)10-11-28-16-8-6-15(7-9-16)19(23)21-22-30(25,26)18-14(4)29-13(3)17(18)20(24)27-5/h6-9,12,22H,10-11H2,1-5H3,(H,21,23). The van der Waals surface area contributed by atoms with Crippen LogP contribution < -0.4 is 15.0 Å². The lowest BCUT2D eigenvalue weighted by Crippen LogP contribution is -2.42. The fourth-order valence-electron chi connectivity index (χ4n) is 2.68. The molecule has 1 heterocycles. The molecule has 0 fully saturated rings. The molecular formula is C20H26N2O7S. The van der Waals surface area contributed by atoms with Crippen LogP contribution in [0.2, 0.25) is 0 Å². The summed E-state index contributed by atoms with van der Waals surface area (Å²) in [5.41, 5.74) is 2.13. The van der Waals surface area contributed by atoms with Crippen LogP contribution in [0.15, 0.2) is 33.6 Å². The molecule has 164 valence electrons. The number of nitrogens with one attached hydrogen (secondary N) is 2. The Balaban J connectivity index is 2.08. The first-order valence-corrected chi connectivity index (χ1v) is 10.8. The molecule has 0 aliphatic heterocycles. The molecule has 0 aliphatic carbocycles. The largest absolute Gasteiger partial charge is 0.494 e. The van der Waals surface area contributed by atoms with Crippen LogP contribution in [0.5, 0.6) is 5.75 Å². The number of benzene rings is 1. The lowest BCUT2D eigenvalue weighted by molar-refractivity contribution is 0.0594. The summed E-state index contributed by atoms with van der Waals surface area (Å²) in [6.45, 7) is 7.60. The molecular weight excluding hydrogens is 412 g/mol. The van der Waals surface area contributed by atoms with E-state index in [0.29, 0.717) is 18.3 Å². The maximum atomic E-state index is 12.7. The maximum absolute atomic E-state index is 12.7. The van der Waals surface area contributed by atoms with Gasteiger partial charge in [-0.25, -0.2) is 13.2 Å². The van der Waals surface area contributed by atoms with Crippen molar-refractivity contribution in [2.24, 2.45) is 5.92 Å². The Labute approximate surface area is 175 Å². The fourth-order valence-corrected chi connectivity index (χ4v) is 3.92. The molecule has 10 heteroatoms. The van der Waals surface area contributed by atoms with Crippen LogP contribution in [0.25, 0.3) is 0 Å². The number of ether oxygens (including phenoxy) is 2. The Kier molecular flexibility index (Phi) is 7.63. The molecule has 0 bridgehead atoms. The fraction of sp³-hybridized carbons (Fsp3) is 0.400. The molecule has 0 aliphatic rings. The molecule has 1 aromatic heterocycles. The summed E-state index contributed by atoms with van der Waals surface area (Å²) in [5.74, 6) is -0.309. The minimum atomic E-state index is -4.29. The van der Waals surface area contributed by atoms with Crippen LogP contribution in [-0.2, 0) is 14.8 Å². The molecule has 30 heavy (non-hydrogen) atoms. The van der Waals surface area contributed by atoms with Gasteiger partial charge in [-0.05, 0) is 50.5 Å². The molecule has 1 amide bonds. The van der Waals surface area contributed by atoms with Gasteiger partial charge < -0.3 is 13.9 Å². The molecule has 9 nitrogen and oxygen atoms in total. The number of furan rings is 1. The van der Waals surface area contributed by atoms with Crippen LogP contribution in [-0.4, -0.2) is 34.0 Å². The van der Waals surface area contributed by atoms with E-state index in [1.54, 1.807) is 12.1 Å². The highest BCUT2D eigenvalue weighted by Gasteiger charge is 2.31. The van der Waals surface area contributed by atoms with E-state index in [1.165, 1.54) is 26.0 Å². The number of hydrogen-bond donors (Lipinski definition) is 2. The van der Waals surface area contributed by atoms with E-state index in [4.69, 9.17) is 9.15 Å². The van der Waals surface area contributed by atoms with Crippen molar-refractivity contribution in [2.45, 2.75) is 39.0 Å². The molecule has 2 aromatic rings. The number of esters is 1. The highest BCUT2D eigenvalue weighted by molar-refractivity contribution is 7.89. The van der Waals surface area contributed by atoms with Crippen molar-refractivity contribution in [1.29, 1.82) is 0 Å². The van der Waals surface area contributed by atoms with Gasteiger partial charge in [0.2, 0.25) is 0 Å². The normalized spacial score (nSPS) is 11.4. The number of sulfonamides is 1. The van der Waals surface area contributed by atoms with E-state index in [0.717, 1.165) is 13.5 Å². The van der Waals surface area contributed by atoms with Crippen LogP contribution in [0.4, 0.5) is 0 Å². The summed E-state index contributed by atoms with van der Waals surface area (Å²) < 4.78 is 40.8. The van der Waals surface area contributed by atoms with Gasteiger partial charge in [0.05, 0.1) is 13.7 Å². The van der Waals surface area contributed by atoms with Crippen molar-refractivity contribution >= 4 is 21.9 Å². The summed E-state index contributed by atoms with van der Waals surface area (Å²) in [4.78, 5) is 25.8. The number of rotatable bonds is 9. The average Bonchev–Trinajstić information content (AvgIpc) is 3.00. The van der Waals surface area contributed by atoms with Crippen LogP contribution >= 0.6 is 0 Å². The van der Waals surface area contributed by atoms with Gasteiger partial charge in [-0.2, -0.15) is 0 Å². The first kappa shape index (κ1) is 23.4. The van der Waals surface area contributed by atoms with Crippen molar-refractivity contribution < 1.29 is 31.9 Å². The van der Waals surface area contributed by atoms with E-state index >= 15 is 0 Å². The molecule has 0 saturated heterocycles. The van der Waals surface area contributed by atoms with E-state index in [9.17, 15) is 18.0 Å². The summed E-state index contributed by atoms with van der Waals surface area (Å²) in [7, 11) is -3.16. The average molecular weight is 439 g/mol. The van der Waals surface area contributed by atoms with Crippen molar-refractivity contribution in [3.8, 4) is 5.75 Å². The Morgan fingerprint density at radius 3 is 2.30 bits per heavy atom. The topological polar surface area (TPSA) is 124 Å². The number of methoxy groups -OCH3 is 1. The van der Waals surface area contributed by atoms with E-state index in [-0.39, 0.29) is 27.5 Å². The second-order valence-electron chi connectivity index (χ2n) is 7.03. The Morgan fingerprint density at radius 2 is 1.73 bits per heavy atom. The smallest absolute Gasteiger partial charge is 0.342 e. The summed E-state index contributed by atoms with van der Waals surface area (Å²) in [6, 6.07) is 6.29. The third kappa shape index (κ3) is 5.61. The zero-order valence-electron chi connectivity index (χ0n) is 17.6. The number of carbonyl (C=O) groups is 2. The highest BCUT2D eigenvalue weighted by atomic mass is 32.2. The first-order valence-electron chi connectivity index (χ1n) is 9.30. The van der Waals surface area contributed by atoms with Crippen LogP contribution in [0.3, 0.4) is 0 Å². The van der Waals surface area contributed by atoms with Gasteiger partial charge in [0.25, 0.3) is 15.9 Å². The quantitative estimate of drug-likeness (QED) is 0.456. The summed E-state index contributed by atoms with van der Waals surface area (Å²) in [5, 5.41) is 0. The third-order valence-electron chi connectivity index (χ3n) is 4.24. The SMILES string of the molecule is COC(=O)c1c(C)oc(C)c1S(=O)(=O)NNC(=O)c1ccc(OCCC(C)C)cc1. The van der Waals surface area contributed by atoms with E-state index < -0.39 is 21.9 Å². The first-order chi connectivity index (χ1) is 14.1. The molecule has 0 spiro atoms. The van der Waals surface area contributed by atoms with Gasteiger partial charge in [-0.1, -0.05) is 13.8 Å². The molecule has 2 rings (SSSR count). The predicted octanol–water partition coefficient (Wildman–Crippen LogP) is 2.73. The van der Waals surface area contributed by atoms with Gasteiger partial charge in [0.1, 0.15) is 27.7 Å². The number of carbonyl (C=O) groups excluding carboxylic acids is 2. The second kappa shape index (κ2) is 9.77. The lowest BCUT2D eigenvalue weighted by Gasteiger charge is -2.10. The Morgan fingerprint density at radius 1 is 1.10 bits per heavy atom. The molecule has 0 radical (unpaired) electrons. The van der Waals surface area contributed by atoms with Crippen molar-refractivity contribution in [2.75, 3.05) is 13.7 Å². The van der Waals surface area contributed by atoms with Crippen molar-refractivity contribution in [3.63, 3.8) is 0 Å². The zero-order chi connectivity index (χ0) is 22.5. The maximum Gasteiger partial charge on any atom is 0.342 e. The van der Waals surface area contributed by atoms with Gasteiger partial charge >= 0.3 is 5.97 Å². The Hall–Kier alpha value is -2.85. The number of aryl methyl sites for hydroxylation is 2. The lowest BCUT2D eigenvalue weighted by atomic mass is 10.1. The van der Waals surface area contributed by atoms with Crippen LogP contribution in [0.1, 0.15) is 52.5 Å². The molecule has 0 atom stereocenters. The molecule has 2 N–H and O–H groups in total. The van der Waals surface area contributed by atoms with Crippen molar-refractivity contribution in [1.82, 2.24) is 10.3 Å². The predicted molar refractivity (Wildman–Crippen MR) is 109 cm³/mol. The number of hydrogen-bond acceptors (Lipinski definition) is 7. The third-order valence-corrected chi connectivity index (χ3v) is 5.64. The minimum absolute atomic E-state index is 0.00227. The van der Waals surface area contributed by atoms with Gasteiger partial charge in [0.15, 0.2) is 0 Å². The molecule has 1 aromatic carbocycles. The monoisotopic (exact) mass is 438 g/mol.